The fourth-order valence-corrected chi connectivity index (χ4v) is 1.17. The van der Waals surface area contributed by atoms with E-state index in [9.17, 15) is 4.79 Å². The van der Waals surface area contributed by atoms with Gasteiger partial charge >= 0.3 is 6.47 Å². The van der Waals surface area contributed by atoms with Crippen molar-refractivity contribution in [3.8, 4) is 0 Å². The number of hydroxylamine groups is 1. The first-order valence-corrected chi connectivity index (χ1v) is 4.52. The smallest absolute Gasteiger partial charge is 0.320 e. The Morgan fingerprint density at radius 3 is 3.00 bits per heavy atom. The number of carbonyl (C=O) groups excluding carboxylic acids is 1. The van der Waals surface area contributed by atoms with E-state index in [0.29, 0.717) is 16.7 Å². The highest BCUT2D eigenvalue weighted by molar-refractivity contribution is 6.29. The molecule has 0 saturated heterocycles. The van der Waals surface area contributed by atoms with Crippen molar-refractivity contribution < 1.29 is 9.63 Å². The zero-order valence-electron chi connectivity index (χ0n) is 8.32. The number of hydrogen-bond donors (Lipinski definition) is 1. The summed E-state index contributed by atoms with van der Waals surface area (Å²) in [5.41, 5.74) is 3.79. The number of aryl methyl sites for hydroxylation is 1. The van der Waals surface area contributed by atoms with Crippen molar-refractivity contribution in [3.63, 3.8) is 0 Å². The lowest BCUT2D eigenvalue weighted by atomic mass is 10.2. The quantitative estimate of drug-likeness (QED) is 0.276. The standard InChI is InChI=1S/C9H10ClN3O2/c1-6-3-4-7(10)12-8(6)9(11-2)13-15-5-14/h3-5H,1-2H3,(H,11,13). The summed E-state index contributed by atoms with van der Waals surface area (Å²) in [6, 6.07) is 3.48. The predicted molar refractivity (Wildman–Crippen MR) is 56.7 cm³/mol. The maximum atomic E-state index is 10.0. The highest BCUT2D eigenvalue weighted by Crippen LogP contribution is 2.10. The average molecular weight is 228 g/mol. The third-order valence-electron chi connectivity index (χ3n) is 1.71. The summed E-state index contributed by atoms with van der Waals surface area (Å²) in [5, 5.41) is 0.352. The minimum absolute atomic E-state index is 0.269. The summed E-state index contributed by atoms with van der Waals surface area (Å²) in [4.78, 5) is 22.4. The van der Waals surface area contributed by atoms with Crippen molar-refractivity contribution in [1.29, 1.82) is 0 Å². The fraction of sp³-hybridized carbons (Fsp3) is 0.222. The van der Waals surface area contributed by atoms with E-state index in [4.69, 9.17) is 11.6 Å². The van der Waals surface area contributed by atoms with E-state index in [1.807, 2.05) is 6.92 Å². The van der Waals surface area contributed by atoms with Crippen LogP contribution in [0.4, 0.5) is 0 Å². The third-order valence-corrected chi connectivity index (χ3v) is 1.93. The van der Waals surface area contributed by atoms with Crippen molar-refractivity contribution in [1.82, 2.24) is 10.5 Å². The number of carbonyl (C=O) groups is 1. The molecule has 0 atom stereocenters. The zero-order chi connectivity index (χ0) is 11.3. The van der Waals surface area contributed by atoms with E-state index in [1.54, 1.807) is 19.2 Å². The van der Waals surface area contributed by atoms with Gasteiger partial charge in [-0.2, -0.15) is 5.48 Å². The number of aliphatic imine (C=N–C) groups is 1. The van der Waals surface area contributed by atoms with Crippen LogP contribution in [0.2, 0.25) is 5.15 Å². The molecular weight excluding hydrogens is 218 g/mol. The van der Waals surface area contributed by atoms with Crippen molar-refractivity contribution in [2.75, 3.05) is 7.05 Å². The Kier molecular flexibility index (Phi) is 4.05. The molecule has 0 fully saturated rings. The second-order valence-electron chi connectivity index (χ2n) is 2.69. The molecule has 1 rings (SSSR count). The van der Waals surface area contributed by atoms with E-state index in [-0.39, 0.29) is 6.47 Å². The van der Waals surface area contributed by atoms with Crippen molar-refractivity contribution in [2.45, 2.75) is 6.92 Å². The summed E-state index contributed by atoms with van der Waals surface area (Å²) in [7, 11) is 1.55. The van der Waals surface area contributed by atoms with E-state index >= 15 is 0 Å². The van der Waals surface area contributed by atoms with Gasteiger partial charge in [0.05, 0.1) is 0 Å². The lowest BCUT2D eigenvalue weighted by Gasteiger charge is -2.08. The number of halogens is 1. The van der Waals surface area contributed by atoms with Gasteiger partial charge in [0, 0.05) is 7.05 Å². The molecule has 80 valence electrons. The Balaban J connectivity index is 3.01. The Morgan fingerprint density at radius 2 is 2.40 bits per heavy atom. The lowest BCUT2D eigenvalue weighted by Crippen LogP contribution is -2.26. The summed E-state index contributed by atoms with van der Waals surface area (Å²) < 4.78 is 0. The Hall–Kier alpha value is -1.62. The summed E-state index contributed by atoms with van der Waals surface area (Å²) >= 11 is 5.75. The van der Waals surface area contributed by atoms with Gasteiger partial charge in [0.2, 0.25) is 0 Å². The van der Waals surface area contributed by atoms with Crippen molar-refractivity contribution >= 4 is 23.9 Å². The molecule has 0 amide bonds. The molecule has 1 aromatic rings. The molecule has 0 aliphatic heterocycles. The Bertz CT molecular complexity index is 393. The van der Waals surface area contributed by atoms with Crippen LogP contribution in [0.15, 0.2) is 17.1 Å². The van der Waals surface area contributed by atoms with E-state index in [2.05, 4.69) is 20.3 Å². The number of nitrogens with one attached hydrogen (secondary N) is 1. The zero-order valence-corrected chi connectivity index (χ0v) is 9.08. The molecule has 0 radical (unpaired) electrons. The molecule has 5 nitrogen and oxygen atoms in total. The summed E-state index contributed by atoms with van der Waals surface area (Å²) in [5.74, 6) is 0.349. The van der Waals surface area contributed by atoms with Crippen LogP contribution in [0, 0.1) is 6.92 Å². The van der Waals surface area contributed by atoms with Gasteiger partial charge in [-0.25, -0.2) is 4.98 Å². The Labute approximate surface area is 92.1 Å². The van der Waals surface area contributed by atoms with Crippen LogP contribution in [0.3, 0.4) is 0 Å². The predicted octanol–water partition coefficient (Wildman–Crippen LogP) is 1.10. The summed E-state index contributed by atoms with van der Waals surface area (Å²) in [6.45, 7) is 2.12. The molecule has 1 N–H and O–H groups in total. The molecule has 0 spiro atoms. The first-order valence-electron chi connectivity index (χ1n) is 4.14. The number of pyridine rings is 1. The topological polar surface area (TPSA) is 63.6 Å². The SMILES string of the molecule is CN=C(NOC=O)c1nc(Cl)ccc1C. The number of hydrogen-bond acceptors (Lipinski definition) is 4. The van der Waals surface area contributed by atoms with Crippen molar-refractivity contribution in [3.05, 3.63) is 28.5 Å². The van der Waals surface area contributed by atoms with Gasteiger partial charge in [-0.15, -0.1) is 0 Å². The van der Waals surface area contributed by atoms with Gasteiger partial charge in [-0.1, -0.05) is 17.7 Å². The minimum Gasteiger partial charge on any atom is -0.345 e. The molecule has 0 aliphatic carbocycles. The highest BCUT2D eigenvalue weighted by atomic mass is 35.5. The van der Waals surface area contributed by atoms with Crippen LogP contribution in [-0.4, -0.2) is 24.3 Å². The van der Waals surface area contributed by atoms with Gasteiger partial charge in [-0.05, 0) is 18.6 Å². The second kappa shape index (κ2) is 5.31. The molecule has 0 unspecified atom stereocenters. The molecule has 0 aromatic carbocycles. The van der Waals surface area contributed by atoms with Crippen LogP contribution in [-0.2, 0) is 9.63 Å². The molecule has 0 aliphatic rings. The maximum absolute atomic E-state index is 10.0. The fourth-order valence-electron chi connectivity index (χ4n) is 1.02. The van der Waals surface area contributed by atoms with E-state index < -0.39 is 0 Å². The molecule has 0 saturated carbocycles. The van der Waals surface area contributed by atoms with Crippen molar-refractivity contribution in [2.24, 2.45) is 4.99 Å². The molecule has 15 heavy (non-hydrogen) atoms. The molecular formula is C9H10ClN3O2. The normalized spacial score (nSPS) is 11.0. The van der Waals surface area contributed by atoms with E-state index in [1.165, 1.54) is 0 Å². The maximum Gasteiger partial charge on any atom is 0.320 e. The van der Waals surface area contributed by atoms with Crippen LogP contribution >= 0.6 is 11.6 Å². The number of nitrogens with zero attached hydrogens (tertiary/aromatic N) is 2. The second-order valence-corrected chi connectivity index (χ2v) is 3.08. The van der Waals surface area contributed by atoms with Gasteiger partial charge in [0.1, 0.15) is 10.8 Å². The third kappa shape index (κ3) is 2.92. The van der Waals surface area contributed by atoms with Gasteiger partial charge < -0.3 is 4.84 Å². The number of aromatic nitrogens is 1. The van der Waals surface area contributed by atoms with Crippen LogP contribution in [0.1, 0.15) is 11.3 Å². The molecule has 6 heteroatoms. The average Bonchev–Trinajstić information content (AvgIpc) is 2.24. The first kappa shape index (κ1) is 11.5. The number of amidine groups is 1. The van der Waals surface area contributed by atoms with Crippen LogP contribution in [0.5, 0.6) is 0 Å². The molecule has 1 heterocycles. The van der Waals surface area contributed by atoms with Gasteiger partial charge in [0.25, 0.3) is 0 Å². The monoisotopic (exact) mass is 227 g/mol. The van der Waals surface area contributed by atoms with Gasteiger partial charge in [0.15, 0.2) is 5.84 Å². The van der Waals surface area contributed by atoms with Gasteiger partial charge in [-0.3, -0.25) is 9.79 Å². The Morgan fingerprint density at radius 1 is 1.67 bits per heavy atom. The number of rotatable bonds is 3. The minimum atomic E-state index is 0.269. The van der Waals surface area contributed by atoms with Crippen LogP contribution in [0.25, 0.3) is 0 Å². The summed E-state index contributed by atoms with van der Waals surface area (Å²) in [6.07, 6.45) is 0. The largest absolute Gasteiger partial charge is 0.345 e. The molecule has 1 aromatic heterocycles. The molecule has 0 bridgehead atoms. The highest BCUT2D eigenvalue weighted by Gasteiger charge is 2.08. The van der Waals surface area contributed by atoms with Crippen LogP contribution < -0.4 is 5.48 Å². The lowest BCUT2D eigenvalue weighted by molar-refractivity contribution is -0.132. The first-order chi connectivity index (χ1) is 7.19. The van der Waals surface area contributed by atoms with E-state index in [0.717, 1.165) is 5.56 Å².